The predicted octanol–water partition coefficient (Wildman–Crippen LogP) is 1.79. The molecule has 2 aliphatic heterocycles. The zero-order chi connectivity index (χ0) is 18.0. The van der Waals surface area contributed by atoms with Gasteiger partial charge in [-0.3, -0.25) is 5.73 Å². The van der Waals surface area contributed by atoms with E-state index >= 15 is 0 Å². The summed E-state index contributed by atoms with van der Waals surface area (Å²) >= 11 is 0. The van der Waals surface area contributed by atoms with E-state index < -0.39 is 5.79 Å². The van der Waals surface area contributed by atoms with Gasteiger partial charge < -0.3 is 21.1 Å². The van der Waals surface area contributed by atoms with Gasteiger partial charge in [-0.25, -0.2) is 4.99 Å². The minimum absolute atomic E-state index is 0.0476. The molecule has 0 aliphatic carbocycles. The first-order chi connectivity index (χ1) is 11.9. The van der Waals surface area contributed by atoms with Crippen LogP contribution in [0.4, 0.5) is 0 Å². The minimum Gasteiger partial charge on any atom is -0.490 e. The zero-order valence-electron chi connectivity index (χ0n) is 15.3. The summed E-state index contributed by atoms with van der Waals surface area (Å²) in [7, 11) is 0. The normalized spacial score (nSPS) is 24.1. The van der Waals surface area contributed by atoms with Crippen molar-refractivity contribution in [1.29, 1.82) is 0 Å². The highest BCUT2D eigenvalue weighted by molar-refractivity contribution is 5.92. The van der Waals surface area contributed by atoms with Gasteiger partial charge in [0.2, 0.25) is 5.79 Å². The molecule has 1 saturated heterocycles. The summed E-state index contributed by atoms with van der Waals surface area (Å²) in [4.78, 5) is 4.42. The van der Waals surface area contributed by atoms with Gasteiger partial charge in [-0.15, -0.1) is 0 Å². The molecule has 6 nitrogen and oxygen atoms in total. The van der Waals surface area contributed by atoms with Crippen molar-refractivity contribution in [2.24, 2.45) is 16.5 Å². The second kappa shape index (κ2) is 7.06. The first-order valence-corrected chi connectivity index (χ1v) is 9.00. The molecule has 6 N–H and O–H groups in total. The fourth-order valence-corrected chi connectivity index (χ4v) is 3.59. The van der Waals surface area contributed by atoms with E-state index in [1.165, 1.54) is 11.1 Å². The summed E-state index contributed by atoms with van der Waals surface area (Å²) in [6.07, 6.45) is 5.76. The summed E-state index contributed by atoms with van der Waals surface area (Å²) in [5, 5.41) is 6.55. The first-order valence-electron chi connectivity index (χ1n) is 9.00. The fourth-order valence-electron chi connectivity index (χ4n) is 3.59. The number of nitrogens with two attached hydrogens (primary N) is 2. The quantitative estimate of drug-likeness (QED) is 0.668. The van der Waals surface area contributed by atoms with E-state index in [4.69, 9.17) is 16.2 Å². The van der Waals surface area contributed by atoms with E-state index in [1.54, 1.807) is 12.3 Å². The molecular formula is C19H29N5O. The molecule has 2 aliphatic rings. The smallest absolute Gasteiger partial charge is 0.214 e. The lowest BCUT2D eigenvalue weighted by Gasteiger charge is -2.32. The van der Waals surface area contributed by atoms with Gasteiger partial charge in [0.05, 0.1) is 11.7 Å². The molecule has 0 radical (unpaired) electrons. The number of piperidine rings is 1. The number of aryl methyl sites for hydroxylation is 1. The molecule has 0 aromatic heterocycles. The van der Waals surface area contributed by atoms with E-state index in [0.717, 1.165) is 37.2 Å². The summed E-state index contributed by atoms with van der Waals surface area (Å²) < 4.78 is 6.12. The van der Waals surface area contributed by atoms with Crippen LogP contribution in [0.1, 0.15) is 49.3 Å². The van der Waals surface area contributed by atoms with Crippen LogP contribution in [0.15, 0.2) is 29.4 Å². The molecule has 0 saturated carbocycles. The number of amidine groups is 1. The lowest BCUT2D eigenvalue weighted by molar-refractivity contribution is 0.231. The lowest BCUT2D eigenvalue weighted by Crippen LogP contribution is -2.49. The van der Waals surface area contributed by atoms with Crippen molar-refractivity contribution in [2.75, 3.05) is 13.1 Å². The van der Waals surface area contributed by atoms with Crippen LogP contribution in [0, 0.1) is 6.92 Å². The molecule has 0 bridgehead atoms. The van der Waals surface area contributed by atoms with Crippen LogP contribution in [-0.2, 0) is 5.79 Å². The Kier molecular flexibility index (Phi) is 5.01. The molecular weight excluding hydrogens is 314 g/mol. The van der Waals surface area contributed by atoms with Crippen LogP contribution in [0.25, 0.3) is 0 Å². The molecule has 1 fully saturated rings. The zero-order valence-corrected chi connectivity index (χ0v) is 15.3. The van der Waals surface area contributed by atoms with Crippen LogP contribution in [0.2, 0.25) is 0 Å². The molecule has 6 heteroatoms. The van der Waals surface area contributed by atoms with Gasteiger partial charge in [0, 0.05) is 6.20 Å². The van der Waals surface area contributed by atoms with Crippen molar-refractivity contribution >= 4 is 5.84 Å². The van der Waals surface area contributed by atoms with Crippen LogP contribution in [0.3, 0.4) is 0 Å². The van der Waals surface area contributed by atoms with Crippen LogP contribution in [0.5, 0.6) is 5.75 Å². The Labute approximate surface area is 149 Å². The summed E-state index contributed by atoms with van der Waals surface area (Å²) in [5.74, 6) is 0.611. The Morgan fingerprint density at radius 1 is 1.28 bits per heavy atom. The maximum absolute atomic E-state index is 6.52. The van der Waals surface area contributed by atoms with Gasteiger partial charge in [-0.1, -0.05) is 0 Å². The van der Waals surface area contributed by atoms with Crippen molar-refractivity contribution in [1.82, 2.24) is 10.6 Å². The number of aliphatic imine (C=N–C) groups is 1. The molecule has 1 atom stereocenters. The number of nitrogens with zero attached hydrogens (tertiary/aromatic N) is 1. The van der Waals surface area contributed by atoms with E-state index in [0.29, 0.717) is 11.8 Å². The second-order valence-electron chi connectivity index (χ2n) is 7.18. The molecule has 1 unspecified atom stereocenters. The molecule has 25 heavy (non-hydrogen) atoms. The Hall–Kier alpha value is -2.05. The summed E-state index contributed by atoms with van der Waals surface area (Å²) in [6, 6.07) is 4.25. The van der Waals surface area contributed by atoms with Crippen molar-refractivity contribution in [3.8, 4) is 5.75 Å². The Balaban J connectivity index is 2.05. The highest BCUT2D eigenvalue weighted by Crippen LogP contribution is 2.37. The Bertz CT molecular complexity index is 691. The molecule has 0 spiro atoms. The summed E-state index contributed by atoms with van der Waals surface area (Å²) in [5.41, 5.74) is 15.8. The number of hydrogen-bond acceptors (Lipinski definition) is 6. The third-order valence-corrected chi connectivity index (χ3v) is 4.78. The fraction of sp³-hybridized carbons (Fsp3) is 0.526. The molecule has 3 rings (SSSR count). The largest absolute Gasteiger partial charge is 0.490 e. The monoisotopic (exact) mass is 343 g/mol. The van der Waals surface area contributed by atoms with Gasteiger partial charge in [0.25, 0.3) is 0 Å². The average Bonchev–Trinajstić information content (AvgIpc) is 2.56. The third kappa shape index (κ3) is 3.80. The van der Waals surface area contributed by atoms with E-state index in [2.05, 4.69) is 34.7 Å². The maximum atomic E-state index is 6.52. The average molecular weight is 343 g/mol. The van der Waals surface area contributed by atoms with Gasteiger partial charge >= 0.3 is 0 Å². The second-order valence-corrected chi connectivity index (χ2v) is 7.18. The van der Waals surface area contributed by atoms with Gasteiger partial charge in [0.1, 0.15) is 11.6 Å². The predicted molar refractivity (Wildman–Crippen MR) is 102 cm³/mol. The van der Waals surface area contributed by atoms with Crippen LogP contribution < -0.4 is 26.8 Å². The van der Waals surface area contributed by atoms with Gasteiger partial charge in [-0.2, -0.15) is 0 Å². The van der Waals surface area contributed by atoms with Crippen LogP contribution >= 0.6 is 0 Å². The lowest BCUT2D eigenvalue weighted by atomic mass is 9.85. The van der Waals surface area contributed by atoms with E-state index in [-0.39, 0.29) is 6.10 Å². The Morgan fingerprint density at radius 2 is 2.00 bits per heavy atom. The van der Waals surface area contributed by atoms with E-state index in [1.807, 2.05) is 13.8 Å². The number of hydrogen-bond donors (Lipinski definition) is 4. The SMILES string of the molecule is Cc1cc(C2(N)N=C(N)C=CN2)c(OC(C)C)cc1C1CCNCC1. The highest BCUT2D eigenvalue weighted by atomic mass is 16.5. The third-order valence-electron chi connectivity index (χ3n) is 4.78. The van der Waals surface area contributed by atoms with Crippen molar-refractivity contribution in [2.45, 2.75) is 51.4 Å². The maximum Gasteiger partial charge on any atom is 0.214 e. The molecule has 2 heterocycles. The minimum atomic E-state index is -1.11. The number of benzene rings is 1. The van der Waals surface area contributed by atoms with Gasteiger partial charge in [-0.05, 0) is 82.0 Å². The first kappa shape index (κ1) is 17.8. The van der Waals surface area contributed by atoms with Crippen molar-refractivity contribution in [3.63, 3.8) is 0 Å². The topological polar surface area (TPSA) is 97.7 Å². The van der Waals surface area contributed by atoms with Crippen molar-refractivity contribution in [3.05, 3.63) is 41.1 Å². The molecule has 0 amide bonds. The number of rotatable bonds is 4. The molecule has 1 aromatic carbocycles. The number of ether oxygens (including phenoxy) is 1. The van der Waals surface area contributed by atoms with E-state index in [9.17, 15) is 0 Å². The van der Waals surface area contributed by atoms with Crippen molar-refractivity contribution < 1.29 is 4.74 Å². The summed E-state index contributed by atoms with van der Waals surface area (Å²) in [6.45, 7) is 8.28. The standard InChI is InChI=1S/C19H29N5O/c1-12(2)25-17-11-15(14-4-7-22-8-5-14)13(3)10-16(17)19(21)23-9-6-18(20)24-19/h6,9-12,14,22-23H,4-5,7-8,21H2,1-3H3,(H2,20,24). The Morgan fingerprint density at radius 3 is 2.64 bits per heavy atom. The van der Waals surface area contributed by atoms with Gasteiger partial charge in [0.15, 0.2) is 0 Å². The van der Waals surface area contributed by atoms with Crippen LogP contribution in [-0.4, -0.2) is 25.0 Å². The number of nitrogens with one attached hydrogen (secondary N) is 2. The molecule has 136 valence electrons. The highest BCUT2D eigenvalue weighted by Gasteiger charge is 2.32. The molecule has 1 aromatic rings.